The third-order valence-electron chi connectivity index (χ3n) is 3.74. The Hall–Kier alpha value is -1.30. The summed E-state index contributed by atoms with van der Waals surface area (Å²) < 4.78 is 4.15. The molecule has 1 aliphatic carbocycles. The summed E-state index contributed by atoms with van der Waals surface area (Å²) in [6, 6.07) is 0.653. The summed E-state index contributed by atoms with van der Waals surface area (Å²) in [7, 11) is 1.99. The Bertz CT molecular complexity index is 467. The molecule has 0 aromatic carbocycles. The second kappa shape index (κ2) is 5.36. The van der Waals surface area contributed by atoms with Gasteiger partial charge in [0, 0.05) is 19.1 Å². The number of rotatable bonds is 5. The van der Waals surface area contributed by atoms with E-state index in [9.17, 15) is 4.79 Å². The molecule has 5 nitrogen and oxygen atoms in total. The van der Waals surface area contributed by atoms with Gasteiger partial charge in [0.05, 0.1) is 0 Å². The van der Waals surface area contributed by atoms with E-state index in [0.29, 0.717) is 29.4 Å². The molecule has 1 amide bonds. The summed E-state index contributed by atoms with van der Waals surface area (Å²) in [6.45, 7) is 6.47. The Balaban J connectivity index is 2.22. The number of carbonyl (C=O) groups excluding carboxylic acids is 1. The third-order valence-corrected chi connectivity index (χ3v) is 4.69. The fraction of sp³-hybridized carbons (Fsp3) is 0.692. The molecule has 6 heteroatoms. The normalized spacial score (nSPS) is 16.5. The first-order valence-electron chi connectivity index (χ1n) is 6.70. The number of nitrogens with two attached hydrogens (primary N) is 1. The summed E-state index contributed by atoms with van der Waals surface area (Å²) in [6.07, 6.45) is 2.13. The van der Waals surface area contributed by atoms with Crippen molar-refractivity contribution in [2.24, 2.45) is 5.92 Å². The maximum absolute atomic E-state index is 12.2. The average Bonchev–Trinajstić information content (AvgIpc) is 3.07. The number of amides is 1. The van der Waals surface area contributed by atoms with E-state index in [1.165, 1.54) is 11.5 Å². The lowest BCUT2D eigenvalue weighted by atomic mass is 10.1. The second-order valence-corrected chi connectivity index (χ2v) is 6.34. The Labute approximate surface area is 118 Å². The van der Waals surface area contributed by atoms with Crippen molar-refractivity contribution in [1.29, 1.82) is 0 Å². The first kappa shape index (κ1) is 14.1. The van der Waals surface area contributed by atoms with E-state index in [2.05, 4.69) is 35.4 Å². The predicted molar refractivity (Wildman–Crippen MR) is 79.7 cm³/mol. The minimum absolute atomic E-state index is 0.0912. The molecule has 1 aromatic heterocycles. The van der Waals surface area contributed by atoms with Crippen LogP contribution in [0.25, 0.3) is 0 Å². The molecule has 0 spiro atoms. The summed E-state index contributed by atoms with van der Waals surface area (Å²) in [5, 5.41) is 3.84. The molecule has 19 heavy (non-hydrogen) atoms. The quantitative estimate of drug-likeness (QED) is 0.867. The Morgan fingerprint density at radius 2 is 2.11 bits per heavy atom. The molecule has 1 atom stereocenters. The van der Waals surface area contributed by atoms with Crippen LogP contribution in [-0.4, -0.2) is 29.4 Å². The van der Waals surface area contributed by atoms with Gasteiger partial charge in [-0.05, 0) is 37.2 Å². The van der Waals surface area contributed by atoms with E-state index < -0.39 is 0 Å². The fourth-order valence-electron chi connectivity index (χ4n) is 1.86. The number of carbonyl (C=O) groups is 1. The molecule has 106 valence electrons. The predicted octanol–water partition coefficient (Wildman–Crippen LogP) is 2.10. The Morgan fingerprint density at radius 3 is 2.63 bits per heavy atom. The maximum Gasteiger partial charge on any atom is 0.258 e. The number of nitrogen functional groups attached to an aromatic ring is 1. The highest BCUT2D eigenvalue weighted by atomic mass is 32.1. The summed E-state index contributed by atoms with van der Waals surface area (Å²) in [5.41, 5.74) is 6.40. The van der Waals surface area contributed by atoms with Crippen LogP contribution in [0.15, 0.2) is 0 Å². The van der Waals surface area contributed by atoms with Crippen molar-refractivity contribution >= 4 is 28.3 Å². The highest BCUT2D eigenvalue weighted by molar-refractivity contribution is 7.11. The van der Waals surface area contributed by atoms with Crippen LogP contribution >= 0.6 is 11.5 Å². The summed E-state index contributed by atoms with van der Waals surface area (Å²) >= 11 is 1.30. The van der Waals surface area contributed by atoms with Crippen molar-refractivity contribution in [1.82, 2.24) is 9.69 Å². The second-order valence-electron chi connectivity index (χ2n) is 5.59. The van der Waals surface area contributed by atoms with Crippen LogP contribution in [0.3, 0.4) is 0 Å². The van der Waals surface area contributed by atoms with Crippen molar-refractivity contribution in [2.45, 2.75) is 45.7 Å². The molecule has 0 bridgehead atoms. The van der Waals surface area contributed by atoms with Crippen LogP contribution in [0.2, 0.25) is 0 Å². The zero-order valence-corrected chi connectivity index (χ0v) is 12.8. The molecule has 1 unspecified atom stereocenters. The van der Waals surface area contributed by atoms with Gasteiger partial charge in [0.15, 0.2) is 5.82 Å². The molecule has 0 aliphatic heterocycles. The van der Waals surface area contributed by atoms with Crippen molar-refractivity contribution in [3.05, 3.63) is 5.56 Å². The minimum Gasteiger partial charge on any atom is -0.382 e. The molecule has 1 heterocycles. The fourth-order valence-corrected chi connectivity index (χ4v) is 2.72. The van der Waals surface area contributed by atoms with Gasteiger partial charge in [0.2, 0.25) is 0 Å². The van der Waals surface area contributed by atoms with Gasteiger partial charge in [0.1, 0.15) is 10.6 Å². The highest BCUT2D eigenvalue weighted by Gasteiger charge is 2.29. The minimum atomic E-state index is -0.0912. The molecule has 3 N–H and O–H groups in total. The van der Waals surface area contributed by atoms with Crippen molar-refractivity contribution < 1.29 is 4.79 Å². The van der Waals surface area contributed by atoms with Gasteiger partial charge in [-0.25, -0.2) is 0 Å². The monoisotopic (exact) mass is 282 g/mol. The number of hydrogen-bond donors (Lipinski definition) is 2. The van der Waals surface area contributed by atoms with Crippen LogP contribution < -0.4 is 16.0 Å². The van der Waals surface area contributed by atoms with Gasteiger partial charge in [-0.1, -0.05) is 13.8 Å². The van der Waals surface area contributed by atoms with Crippen LogP contribution in [0, 0.1) is 5.92 Å². The van der Waals surface area contributed by atoms with E-state index in [1.54, 1.807) is 0 Å². The zero-order chi connectivity index (χ0) is 14.2. The lowest BCUT2D eigenvalue weighted by molar-refractivity contribution is 0.0952. The topological polar surface area (TPSA) is 71.2 Å². The van der Waals surface area contributed by atoms with Gasteiger partial charge in [-0.3, -0.25) is 4.79 Å². The number of anilines is 2. The van der Waals surface area contributed by atoms with Crippen molar-refractivity contribution in [2.75, 3.05) is 17.7 Å². The SMILES string of the molecule is CC(C)C(C)N(C)c1snc(N)c1C(=O)NC1CC1. The number of hydrogen-bond acceptors (Lipinski definition) is 5. The van der Waals surface area contributed by atoms with Crippen LogP contribution in [0.5, 0.6) is 0 Å². The van der Waals surface area contributed by atoms with E-state index in [4.69, 9.17) is 5.73 Å². The number of aromatic nitrogens is 1. The first-order valence-corrected chi connectivity index (χ1v) is 7.48. The molecule has 2 rings (SSSR count). The van der Waals surface area contributed by atoms with Crippen LogP contribution in [-0.2, 0) is 0 Å². The first-order chi connectivity index (χ1) is 8.91. The van der Waals surface area contributed by atoms with Crippen LogP contribution in [0.4, 0.5) is 10.8 Å². The van der Waals surface area contributed by atoms with Gasteiger partial charge in [-0.15, -0.1) is 0 Å². The number of nitrogens with one attached hydrogen (secondary N) is 1. The zero-order valence-electron chi connectivity index (χ0n) is 11.9. The van der Waals surface area contributed by atoms with Gasteiger partial charge in [0.25, 0.3) is 5.91 Å². The molecule has 1 saturated carbocycles. The summed E-state index contributed by atoms with van der Waals surface area (Å²) in [5.74, 6) is 0.736. The standard InChI is InChI=1S/C13H22N4OS/c1-7(2)8(3)17(4)13-10(11(14)16-19-13)12(18)15-9-5-6-9/h7-9H,5-6H2,1-4H3,(H2,14,16)(H,15,18). The molecule has 1 aromatic rings. The van der Waals surface area contributed by atoms with E-state index in [1.807, 2.05) is 7.05 Å². The average molecular weight is 282 g/mol. The van der Waals surface area contributed by atoms with Gasteiger partial charge < -0.3 is 16.0 Å². The smallest absolute Gasteiger partial charge is 0.258 e. The van der Waals surface area contributed by atoms with E-state index in [-0.39, 0.29) is 5.91 Å². The van der Waals surface area contributed by atoms with Crippen molar-refractivity contribution in [3.8, 4) is 0 Å². The highest BCUT2D eigenvalue weighted by Crippen LogP contribution is 2.33. The summed E-state index contributed by atoms with van der Waals surface area (Å²) in [4.78, 5) is 14.3. The molecule has 1 fully saturated rings. The molecular formula is C13H22N4OS. The molecular weight excluding hydrogens is 260 g/mol. The third kappa shape index (κ3) is 3.00. The Morgan fingerprint density at radius 1 is 1.47 bits per heavy atom. The lowest BCUT2D eigenvalue weighted by Crippen LogP contribution is -2.35. The van der Waals surface area contributed by atoms with Gasteiger partial charge >= 0.3 is 0 Å². The lowest BCUT2D eigenvalue weighted by Gasteiger charge is -2.29. The largest absolute Gasteiger partial charge is 0.382 e. The Kier molecular flexibility index (Phi) is 3.99. The molecule has 0 saturated heterocycles. The van der Waals surface area contributed by atoms with E-state index >= 15 is 0 Å². The molecule has 1 aliphatic rings. The van der Waals surface area contributed by atoms with Gasteiger partial charge in [-0.2, -0.15) is 4.37 Å². The maximum atomic E-state index is 12.2. The number of nitrogens with zero attached hydrogens (tertiary/aromatic N) is 2. The van der Waals surface area contributed by atoms with E-state index in [0.717, 1.165) is 17.8 Å². The van der Waals surface area contributed by atoms with Crippen LogP contribution in [0.1, 0.15) is 44.0 Å². The van der Waals surface area contributed by atoms with Crippen molar-refractivity contribution in [3.63, 3.8) is 0 Å². The molecule has 0 radical (unpaired) electrons.